The Balaban J connectivity index is 1.49. The van der Waals surface area contributed by atoms with Crippen molar-refractivity contribution in [2.75, 3.05) is 12.2 Å². The summed E-state index contributed by atoms with van der Waals surface area (Å²) in [5.41, 5.74) is 3.60. The predicted octanol–water partition coefficient (Wildman–Crippen LogP) is 2.89. The first-order valence-electron chi connectivity index (χ1n) is 9.28. The standard InChI is InChI=1S/C22H22N4O3/c1-28-18-9-7-16(8-10-18)12-24-20-11-21(27)26(22-19(20)13-23-15-25-22)29-14-17-5-3-2-4-6-17/h2-11,13,15,21,24,27H,12,14H2,1H3. The average molecular weight is 390 g/mol. The first-order chi connectivity index (χ1) is 14.2. The second kappa shape index (κ2) is 8.72. The van der Waals surface area contributed by atoms with E-state index >= 15 is 0 Å². The number of ether oxygens (including phenoxy) is 1. The second-order valence-electron chi connectivity index (χ2n) is 6.54. The molecule has 2 heterocycles. The van der Waals surface area contributed by atoms with E-state index in [4.69, 9.17) is 9.57 Å². The molecule has 1 aliphatic rings. The minimum Gasteiger partial charge on any atom is -0.497 e. The average Bonchev–Trinajstić information content (AvgIpc) is 2.78. The molecule has 7 nitrogen and oxygen atoms in total. The molecular formula is C22H22N4O3. The van der Waals surface area contributed by atoms with Crippen LogP contribution in [0.2, 0.25) is 0 Å². The maximum atomic E-state index is 10.6. The minimum atomic E-state index is -0.973. The summed E-state index contributed by atoms with van der Waals surface area (Å²) in [7, 11) is 1.64. The first-order valence-corrected chi connectivity index (χ1v) is 9.28. The summed E-state index contributed by atoms with van der Waals surface area (Å²) in [6.45, 7) is 0.908. The van der Waals surface area contributed by atoms with E-state index in [2.05, 4.69) is 15.3 Å². The molecule has 0 saturated heterocycles. The lowest BCUT2D eigenvalue weighted by molar-refractivity contribution is 0.0169. The molecule has 1 aliphatic heterocycles. The molecule has 0 saturated carbocycles. The number of hydrogen-bond donors (Lipinski definition) is 2. The van der Waals surface area contributed by atoms with Crippen LogP contribution >= 0.6 is 0 Å². The molecule has 0 radical (unpaired) electrons. The van der Waals surface area contributed by atoms with Crippen molar-refractivity contribution in [3.8, 4) is 5.75 Å². The topological polar surface area (TPSA) is 79.7 Å². The van der Waals surface area contributed by atoms with Crippen molar-refractivity contribution in [3.63, 3.8) is 0 Å². The molecule has 1 unspecified atom stereocenters. The van der Waals surface area contributed by atoms with Crippen molar-refractivity contribution < 1.29 is 14.7 Å². The van der Waals surface area contributed by atoms with E-state index in [1.54, 1.807) is 19.4 Å². The zero-order valence-electron chi connectivity index (χ0n) is 16.0. The van der Waals surface area contributed by atoms with Gasteiger partial charge < -0.3 is 15.2 Å². The summed E-state index contributed by atoms with van der Waals surface area (Å²) in [6.07, 6.45) is 3.87. The van der Waals surface area contributed by atoms with Crippen molar-refractivity contribution in [1.29, 1.82) is 0 Å². The highest BCUT2D eigenvalue weighted by molar-refractivity contribution is 5.76. The summed E-state index contributed by atoms with van der Waals surface area (Å²) in [5, 5.41) is 15.4. The molecule has 7 heteroatoms. The summed E-state index contributed by atoms with van der Waals surface area (Å²) in [5.74, 6) is 1.33. The number of hydroxylamine groups is 1. The predicted molar refractivity (Wildman–Crippen MR) is 110 cm³/mol. The molecular weight excluding hydrogens is 368 g/mol. The van der Waals surface area contributed by atoms with Crippen LogP contribution in [-0.4, -0.2) is 28.4 Å². The number of aliphatic hydroxyl groups is 1. The molecule has 2 aromatic carbocycles. The van der Waals surface area contributed by atoms with Crippen molar-refractivity contribution in [2.24, 2.45) is 0 Å². The van der Waals surface area contributed by atoms with E-state index in [0.29, 0.717) is 19.0 Å². The van der Waals surface area contributed by atoms with Crippen LogP contribution in [0.5, 0.6) is 5.75 Å². The molecule has 2 N–H and O–H groups in total. The molecule has 0 aliphatic carbocycles. The monoisotopic (exact) mass is 390 g/mol. The number of nitrogens with one attached hydrogen (secondary N) is 1. The van der Waals surface area contributed by atoms with E-state index in [0.717, 1.165) is 28.1 Å². The Morgan fingerprint density at radius 1 is 1.07 bits per heavy atom. The van der Waals surface area contributed by atoms with Gasteiger partial charge in [0.1, 0.15) is 18.7 Å². The van der Waals surface area contributed by atoms with Crippen molar-refractivity contribution in [1.82, 2.24) is 15.3 Å². The van der Waals surface area contributed by atoms with Crippen LogP contribution in [0.3, 0.4) is 0 Å². The Hall–Kier alpha value is -3.42. The van der Waals surface area contributed by atoms with Gasteiger partial charge in [0.2, 0.25) is 0 Å². The van der Waals surface area contributed by atoms with Crippen LogP contribution in [0.4, 0.5) is 5.82 Å². The van der Waals surface area contributed by atoms with Crippen molar-refractivity contribution >= 4 is 11.5 Å². The van der Waals surface area contributed by atoms with E-state index in [1.165, 1.54) is 11.4 Å². The van der Waals surface area contributed by atoms with Gasteiger partial charge in [-0.1, -0.05) is 42.5 Å². The number of hydrogen-bond acceptors (Lipinski definition) is 7. The third kappa shape index (κ3) is 4.37. The molecule has 0 spiro atoms. The fourth-order valence-electron chi connectivity index (χ4n) is 3.07. The molecule has 1 atom stereocenters. The SMILES string of the molecule is COc1ccc(CNC2=CC(O)N(OCc3ccccc3)c3ncncc32)cc1. The molecule has 0 amide bonds. The smallest absolute Gasteiger partial charge is 0.174 e. The second-order valence-corrected chi connectivity index (χ2v) is 6.54. The van der Waals surface area contributed by atoms with Gasteiger partial charge in [0.05, 0.1) is 12.7 Å². The van der Waals surface area contributed by atoms with Gasteiger partial charge >= 0.3 is 0 Å². The summed E-state index contributed by atoms with van der Waals surface area (Å²) in [6, 6.07) is 17.6. The number of aromatic nitrogens is 2. The highest BCUT2D eigenvalue weighted by Crippen LogP contribution is 2.30. The quantitative estimate of drug-likeness (QED) is 0.642. The Labute approximate surface area is 169 Å². The Kier molecular flexibility index (Phi) is 5.69. The van der Waals surface area contributed by atoms with Gasteiger partial charge in [0.25, 0.3) is 0 Å². The largest absolute Gasteiger partial charge is 0.497 e. The van der Waals surface area contributed by atoms with Gasteiger partial charge in [0, 0.05) is 18.4 Å². The molecule has 0 bridgehead atoms. The van der Waals surface area contributed by atoms with Gasteiger partial charge in [-0.05, 0) is 29.3 Å². The number of fused-ring (bicyclic) bond motifs is 1. The molecule has 29 heavy (non-hydrogen) atoms. The van der Waals surface area contributed by atoms with Crippen molar-refractivity contribution in [3.05, 3.63) is 89.9 Å². The van der Waals surface area contributed by atoms with Crippen LogP contribution < -0.4 is 15.1 Å². The number of anilines is 1. The Morgan fingerprint density at radius 3 is 2.62 bits per heavy atom. The molecule has 148 valence electrons. The fraction of sp³-hybridized carbons (Fsp3) is 0.182. The lowest BCUT2D eigenvalue weighted by Gasteiger charge is -2.32. The number of rotatable bonds is 7. The Bertz CT molecular complexity index is 977. The van der Waals surface area contributed by atoms with E-state index < -0.39 is 6.23 Å². The number of nitrogens with zero attached hydrogens (tertiary/aromatic N) is 3. The summed E-state index contributed by atoms with van der Waals surface area (Å²) in [4.78, 5) is 14.3. The molecule has 4 rings (SSSR count). The molecule has 3 aromatic rings. The van der Waals surface area contributed by atoms with Crippen LogP contribution in [0.1, 0.15) is 16.7 Å². The summed E-state index contributed by atoms with van der Waals surface area (Å²) < 4.78 is 5.19. The van der Waals surface area contributed by atoms with Crippen LogP contribution in [-0.2, 0) is 18.0 Å². The minimum absolute atomic E-state index is 0.323. The first kappa shape index (κ1) is 18.9. The van der Waals surface area contributed by atoms with Crippen LogP contribution in [0.15, 0.2) is 73.2 Å². The molecule has 1 aromatic heterocycles. The molecule has 0 fully saturated rings. The van der Waals surface area contributed by atoms with Gasteiger partial charge in [0.15, 0.2) is 12.0 Å². The van der Waals surface area contributed by atoms with Crippen LogP contribution in [0.25, 0.3) is 5.70 Å². The van der Waals surface area contributed by atoms with E-state index in [-0.39, 0.29) is 0 Å². The number of methoxy groups -OCH3 is 1. The van der Waals surface area contributed by atoms with Crippen molar-refractivity contribution in [2.45, 2.75) is 19.4 Å². The zero-order valence-corrected chi connectivity index (χ0v) is 16.0. The highest BCUT2D eigenvalue weighted by atomic mass is 16.7. The van der Waals surface area contributed by atoms with E-state index in [9.17, 15) is 5.11 Å². The van der Waals surface area contributed by atoms with Gasteiger partial charge in [-0.25, -0.2) is 15.0 Å². The van der Waals surface area contributed by atoms with E-state index in [1.807, 2.05) is 54.6 Å². The number of benzene rings is 2. The zero-order chi connectivity index (χ0) is 20.1. The lowest BCUT2D eigenvalue weighted by atomic mass is 10.1. The lowest BCUT2D eigenvalue weighted by Crippen LogP contribution is -2.39. The number of aliphatic hydroxyl groups excluding tert-OH is 1. The maximum Gasteiger partial charge on any atom is 0.174 e. The third-order valence-corrected chi connectivity index (χ3v) is 4.60. The Morgan fingerprint density at radius 2 is 1.86 bits per heavy atom. The highest BCUT2D eigenvalue weighted by Gasteiger charge is 2.27. The maximum absolute atomic E-state index is 10.6. The normalized spacial score (nSPS) is 15.4. The fourth-order valence-corrected chi connectivity index (χ4v) is 3.07. The van der Waals surface area contributed by atoms with Gasteiger partial charge in [-0.3, -0.25) is 4.84 Å². The van der Waals surface area contributed by atoms with Gasteiger partial charge in [-0.2, -0.15) is 0 Å². The summed E-state index contributed by atoms with van der Waals surface area (Å²) >= 11 is 0. The van der Waals surface area contributed by atoms with Crippen LogP contribution in [0, 0.1) is 0 Å². The third-order valence-electron chi connectivity index (χ3n) is 4.60. The van der Waals surface area contributed by atoms with Gasteiger partial charge in [-0.15, -0.1) is 0 Å².